The van der Waals surface area contributed by atoms with E-state index in [9.17, 15) is 39.5 Å². The average molecular weight is 952 g/mol. The number of nitrogens with two attached hydrogens (primary N) is 4. The molecule has 3 aliphatic rings. The van der Waals surface area contributed by atoms with E-state index in [1.54, 1.807) is 0 Å². The maximum Gasteiger partial charge on any atom is 2.00 e. The molecule has 0 spiro atoms. The van der Waals surface area contributed by atoms with Gasteiger partial charge in [0, 0.05) is 12.1 Å². The summed E-state index contributed by atoms with van der Waals surface area (Å²) < 4.78 is 37.1. The number of H-pyrrole nitrogens is 2. The van der Waals surface area contributed by atoms with E-state index in [1.807, 2.05) is 0 Å². The maximum atomic E-state index is 13.2. The van der Waals surface area contributed by atoms with E-state index in [4.69, 9.17) is 41.5 Å². The predicted octanol–water partition coefficient (Wildman–Crippen LogP) is -3.75. The molecule has 0 amide bonds. The number of phosphoric acid groups is 1. The summed E-state index contributed by atoms with van der Waals surface area (Å²) >= 11 is 0. The Kier molecular flexibility index (Phi) is 12.6. The third-order valence-corrected chi connectivity index (χ3v) is 10.3. The molecule has 294 valence electrons. The van der Waals surface area contributed by atoms with Crippen LogP contribution in [0, 0.1) is 5.92 Å². The van der Waals surface area contributed by atoms with Crippen LogP contribution in [0.15, 0.2) is 22.2 Å². The molecule has 15 N–H and O–H groups in total. The summed E-state index contributed by atoms with van der Waals surface area (Å²) in [6.07, 6.45) is -6.63. The van der Waals surface area contributed by atoms with Gasteiger partial charge in [-0.2, -0.15) is 9.97 Å². The second-order valence-electron chi connectivity index (χ2n) is 12.8. The van der Waals surface area contributed by atoms with Crippen molar-refractivity contribution < 1.29 is 69.5 Å². The number of ether oxygens (including phenoxy) is 2. The van der Waals surface area contributed by atoms with Crippen LogP contribution in [0.4, 0.5) is 11.9 Å². The molecular weight excluding hydrogens is 910 g/mol. The summed E-state index contributed by atoms with van der Waals surface area (Å²) in [4.78, 5) is 55.2. The first-order valence-electron chi connectivity index (χ1n) is 16.2. The molecule has 3 fully saturated rings. The first kappa shape index (κ1) is 41.0. The number of rotatable bonds is 8. The van der Waals surface area contributed by atoms with E-state index in [2.05, 4.69) is 36.8 Å². The Balaban J connectivity index is 0.000000475. The monoisotopic (exact) mass is 951 g/mol. The van der Waals surface area contributed by atoms with E-state index in [1.165, 1.54) is 12.8 Å². The first-order valence-corrected chi connectivity index (χ1v) is 17.7. The molecule has 26 heteroatoms. The van der Waals surface area contributed by atoms with Crippen molar-refractivity contribution in [2.45, 2.75) is 87.3 Å². The number of imidazole rings is 2. The van der Waals surface area contributed by atoms with Gasteiger partial charge in [0.05, 0.1) is 25.9 Å². The van der Waals surface area contributed by atoms with Gasteiger partial charge in [-0.15, -0.1) is 0 Å². The van der Waals surface area contributed by atoms with Crippen LogP contribution in [0.25, 0.3) is 22.3 Å². The summed E-state index contributed by atoms with van der Waals surface area (Å²) in [5, 5.41) is 41.7. The quantitative estimate of drug-likeness (QED) is 0.0756. The van der Waals surface area contributed by atoms with Gasteiger partial charge in [0.2, 0.25) is 11.9 Å². The van der Waals surface area contributed by atoms with Crippen LogP contribution in [0.3, 0.4) is 0 Å². The van der Waals surface area contributed by atoms with E-state index < -0.39 is 81.2 Å². The van der Waals surface area contributed by atoms with Gasteiger partial charge in [-0.3, -0.25) is 37.7 Å². The topological polar surface area (TPSA) is 386 Å². The Hall–Kier alpha value is -3.22. The third kappa shape index (κ3) is 8.10. The average Bonchev–Trinajstić information content (AvgIpc) is 3.84. The zero-order chi connectivity index (χ0) is 37.6. The number of nitrogen functional groups attached to an aromatic ring is 2. The van der Waals surface area contributed by atoms with Crippen LogP contribution < -0.4 is 34.1 Å². The molecule has 4 aromatic heterocycles. The van der Waals surface area contributed by atoms with E-state index in [-0.39, 0.29) is 67.4 Å². The van der Waals surface area contributed by atoms with Crippen LogP contribution in [0.5, 0.6) is 0 Å². The van der Waals surface area contributed by atoms with Crippen molar-refractivity contribution in [2.24, 2.45) is 17.4 Å². The normalized spacial score (nSPS) is 31.7. The number of hydrogen-bond acceptors (Lipinski definition) is 19. The fraction of sp³-hybridized carbons (Fsp3) is 0.630. The number of aromatic amines is 2. The van der Waals surface area contributed by atoms with E-state index in [0.29, 0.717) is 5.92 Å². The summed E-state index contributed by atoms with van der Waals surface area (Å²) in [6.45, 7) is 0.602. The number of nitrogens with one attached hydrogen (secondary N) is 2. The van der Waals surface area contributed by atoms with Gasteiger partial charge in [-0.05, 0) is 18.8 Å². The zero-order valence-corrected chi connectivity index (χ0v) is 31.1. The van der Waals surface area contributed by atoms with Crippen LogP contribution in [-0.4, -0.2) is 126 Å². The summed E-state index contributed by atoms with van der Waals surface area (Å²) in [6, 6.07) is 0.507. The summed E-state index contributed by atoms with van der Waals surface area (Å²) in [5.41, 5.74) is 21.0. The van der Waals surface area contributed by atoms with Crippen LogP contribution in [0.1, 0.15) is 38.6 Å². The largest absolute Gasteiger partial charge is 2.00 e. The number of nitrogens with zero attached hydrogens (tertiary/aromatic N) is 6. The van der Waals surface area contributed by atoms with Gasteiger partial charge < -0.3 is 57.7 Å². The molecule has 53 heavy (non-hydrogen) atoms. The van der Waals surface area contributed by atoms with Crippen LogP contribution in [0.2, 0.25) is 0 Å². The number of hydrogen-bond donors (Lipinski definition) is 11. The fourth-order valence-corrected chi connectivity index (χ4v) is 7.71. The van der Waals surface area contributed by atoms with Crippen molar-refractivity contribution in [2.75, 3.05) is 24.7 Å². The minimum Gasteiger partial charge on any atom is -0.394 e. The van der Waals surface area contributed by atoms with E-state index >= 15 is 0 Å². The van der Waals surface area contributed by atoms with Crippen LogP contribution >= 0.6 is 7.82 Å². The van der Waals surface area contributed by atoms with Crippen molar-refractivity contribution in [1.82, 2.24) is 39.0 Å². The minimum atomic E-state index is -5.23. The Morgan fingerprint density at radius 1 is 0.868 bits per heavy atom. The molecule has 24 nitrogen and oxygen atoms in total. The molecule has 6 heterocycles. The van der Waals surface area contributed by atoms with Crippen molar-refractivity contribution in [3.05, 3.63) is 33.4 Å². The Bertz CT molecular complexity index is 1930. The fourth-order valence-electron chi connectivity index (χ4n) is 6.53. The molecule has 2 aliphatic heterocycles. The molecule has 0 unspecified atom stereocenters. The second-order valence-corrected chi connectivity index (χ2v) is 14.1. The van der Waals surface area contributed by atoms with Crippen molar-refractivity contribution in [3.8, 4) is 0 Å². The van der Waals surface area contributed by atoms with E-state index in [0.717, 1.165) is 28.2 Å². The summed E-state index contributed by atoms with van der Waals surface area (Å²) in [7, 11) is -5.23. The van der Waals surface area contributed by atoms with Crippen molar-refractivity contribution in [1.29, 1.82) is 0 Å². The first-order chi connectivity index (χ1) is 24.6. The van der Waals surface area contributed by atoms with Crippen molar-refractivity contribution >= 4 is 42.0 Å². The molecule has 0 bridgehead atoms. The number of phosphoric ester groups is 1. The number of aliphatic hydroxyl groups excluding tert-OH is 4. The molecule has 11 atom stereocenters. The van der Waals surface area contributed by atoms with Crippen LogP contribution in [-0.2, 0) is 44.2 Å². The molecule has 0 radical (unpaired) electrons. The molecule has 2 saturated heterocycles. The minimum absolute atomic E-state index is 0. The smallest absolute Gasteiger partial charge is 0.394 e. The van der Waals surface area contributed by atoms with Gasteiger partial charge in [0.15, 0.2) is 34.8 Å². The Morgan fingerprint density at radius 2 is 1.30 bits per heavy atom. The van der Waals surface area contributed by atoms with Gasteiger partial charge in [-0.25, -0.2) is 14.5 Å². The number of fused-ring (bicyclic) bond motifs is 2. The van der Waals surface area contributed by atoms with Crippen molar-refractivity contribution in [3.63, 3.8) is 0 Å². The third-order valence-electron chi connectivity index (χ3n) is 9.29. The molecule has 0 aromatic carbocycles. The summed E-state index contributed by atoms with van der Waals surface area (Å²) in [5.74, 6) is 0.124. The molecule has 7 rings (SSSR count). The van der Waals surface area contributed by atoms with Gasteiger partial charge >= 0.3 is 28.9 Å². The molecule has 4 aromatic rings. The Labute approximate surface area is 312 Å². The van der Waals surface area contributed by atoms with Gasteiger partial charge in [-0.1, -0.05) is 13.3 Å². The second kappa shape index (κ2) is 16.3. The van der Waals surface area contributed by atoms with Gasteiger partial charge in [0.1, 0.15) is 36.6 Å². The SMILES string of the molecule is C[C@H]1CCC[C@@H](N)[C@H]1N.Nc1nc2c(ncn2[C@@H]2O[C@H](CO)[C@@H](OP(=O)(O)O[C@H]3[C@@H](O)[C@H](n4cnc5c(=O)[nH]c(N)nc54)O[C@@H]3CO)[C@H]2O)c(=O)[nH]1.[Pt+2]. The maximum absolute atomic E-state index is 13.2. The molecular formula is C27H41N12O12PPt+2. The predicted molar refractivity (Wildman–Crippen MR) is 178 cm³/mol. The number of aliphatic hydroxyl groups is 4. The number of aromatic nitrogens is 8. The molecule has 1 aliphatic carbocycles. The van der Waals surface area contributed by atoms with Gasteiger partial charge in [0.25, 0.3) is 11.1 Å². The standard InChI is InChI=1S/C20H25N10O12P.C7H16N2.Pt/c21-19-25-13-7(15(35)27-19)23-3-29(13)17-9(33)11(5(1-31)39-17)41-43(37,38)42-12-6(2-32)40-18(10(12)34)30-4-24-8-14(30)26-20(22)28-16(8)36;1-5-3-2-4-6(8)7(5)9;/h3-6,9-12,17-18,31-34H,1-2H2,(H,37,38)(H3,21,25,27,35)(H3,22,26,28,36);5-7H,2-4,8-9H2,1H3;/q;;+2/t5-,6-,9-,10-,11-,12-,17-,18-;5-,6+,7-;/m10./s1. The zero-order valence-electron chi connectivity index (χ0n) is 27.9. The Morgan fingerprint density at radius 3 is 1.68 bits per heavy atom. The molecule has 1 saturated carbocycles. The number of anilines is 2.